The van der Waals surface area contributed by atoms with Crippen LogP contribution in [-0.4, -0.2) is 59.5 Å². The highest BCUT2D eigenvalue weighted by atomic mass is 32.2. The number of benzene rings is 1. The van der Waals surface area contributed by atoms with Gasteiger partial charge in [0.25, 0.3) is 0 Å². The fraction of sp³-hybridized carbons (Fsp3) is 0.579. The number of sulfonamides is 1. The van der Waals surface area contributed by atoms with E-state index in [2.05, 4.69) is 35.5 Å². The van der Waals surface area contributed by atoms with Crippen LogP contribution in [-0.2, 0) is 21.3 Å². The summed E-state index contributed by atoms with van der Waals surface area (Å²) in [7, 11) is -3.55. The monoisotopic (exact) mass is 424 g/mol. The van der Waals surface area contributed by atoms with E-state index in [-0.39, 0.29) is 4.90 Å². The summed E-state index contributed by atoms with van der Waals surface area (Å²) in [6, 6.07) is 7.02. The summed E-state index contributed by atoms with van der Waals surface area (Å²) in [5.74, 6) is 2.11. The summed E-state index contributed by atoms with van der Waals surface area (Å²) < 4.78 is 34.9. The van der Waals surface area contributed by atoms with Gasteiger partial charge in [0.2, 0.25) is 10.0 Å². The highest BCUT2D eigenvalue weighted by Gasteiger charge is 2.27. The second kappa shape index (κ2) is 9.39. The van der Waals surface area contributed by atoms with Crippen molar-refractivity contribution >= 4 is 21.8 Å². The molecule has 0 radical (unpaired) electrons. The Morgan fingerprint density at radius 3 is 2.64 bits per heavy atom. The average molecular weight is 425 g/mol. The lowest BCUT2D eigenvalue weighted by Crippen LogP contribution is -2.40. The molecule has 28 heavy (non-hydrogen) atoms. The van der Waals surface area contributed by atoms with Gasteiger partial charge in [0.05, 0.1) is 18.1 Å². The first kappa shape index (κ1) is 21.3. The van der Waals surface area contributed by atoms with Crippen LogP contribution < -0.4 is 0 Å². The van der Waals surface area contributed by atoms with E-state index >= 15 is 0 Å². The van der Waals surface area contributed by atoms with Crippen LogP contribution in [0, 0.1) is 5.92 Å². The van der Waals surface area contributed by atoms with Crippen LogP contribution in [0.15, 0.2) is 34.3 Å². The van der Waals surface area contributed by atoms with Crippen molar-refractivity contribution in [3.05, 3.63) is 24.3 Å². The predicted molar refractivity (Wildman–Crippen MR) is 111 cm³/mol. The van der Waals surface area contributed by atoms with E-state index in [0.29, 0.717) is 38.0 Å². The van der Waals surface area contributed by atoms with Crippen molar-refractivity contribution in [3.8, 4) is 11.4 Å². The Labute approximate surface area is 171 Å². The van der Waals surface area contributed by atoms with E-state index < -0.39 is 10.0 Å². The molecular formula is C19H28N4O3S2. The normalized spacial score (nSPS) is 16.0. The lowest BCUT2D eigenvalue weighted by atomic mass is 10.2. The first-order valence-corrected chi connectivity index (χ1v) is 12.1. The third-order valence-electron chi connectivity index (χ3n) is 4.40. The number of nitrogens with zero attached hydrogens (tertiary/aromatic N) is 4. The second-order valence-electron chi connectivity index (χ2n) is 7.20. The number of hydrogen-bond donors (Lipinski definition) is 0. The Bertz CT molecular complexity index is 890. The number of ether oxygens (including phenoxy) is 1. The smallest absolute Gasteiger partial charge is 0.243 e. The van der Waals surface area contributed by atoms with E-state index in [1.807, 2.05) is 6.07 Å². The molecule has 1 saturated heterocycles. The zero-order valence-corrected chi connectivity index (χ0v) is 18.3. The molecule has 1 aromatic carbocycles. The topological polar surface area (TPSA) is 77.3 Å². The van der Waals surface area contributed by atoms with Crippen LogP contribution in [0.4, 0.5) is 0 Å². The van der Waals surface area contributed by atoms with Crippen LogP contribution in [0.25, 0.3) is 11.4 Å². The summed E-state index contributed by atoms with van der Waals surface area (Å²) in [4.78, 5) is 0.286. The molecule has 0 spiro atoms. The summed E-state index contributed by atoms with van der Waals surface area (Å²) in [6.07, 6.45) is 1.06. The molecule has 2 aromatic rings. The molecule has 9 heteroatoms. The molecule has 0 N–H and O–H groups in total. The van der Waals surface area contributed by atoms with Crippen molar-refractivity contribution in [2.45, 2.75) is 43.8 Å². The second-order valence-corrected chi connectivity index (χ2v) is 10.2. The molecule has 2 heterocycles. The summed E-state index contributed by atoms with van der Waals surface area (Å²) >= 11 is 1.69. The van der Waals surface area contributed by atoms with Crippen LogP contribution in [0.2, 0.25) is 0 Å². The van der Waals surface area contributed by atoms with Gasteiger partial charge in [0.15, 0.2) is 11.0 Å². The fourth-order valence-electron chi connectivity index (χ4n) is 3.06. The zero-order valence-electron chi connectivity index (χ0n) is 16.7. The molecule has 7 nitrogen and oxygen atoms in total. The number of rotatable bonds is 8. The van der Waals surface area contributed by atoms with Crippen molar-refractivity contribution < 1.29 is 13.2 Å². The lowest BCUT2D eigenvalue weighted by molar-refractivity contribution is 0.0730. The average Bonchev–Trinajstić information content (AvgIpc) is 3.09. The van der Waals surface area contributed by atoms with Gasteiger partial charge in [-0.25, -0.2) is 8.42 Å². The van der Waals surface area contributed by atoms with Gasteiger partial charge in [-0.15, -0.1) is 10.2 Å². The first-order valence-electron chi connectivity index (χ1n) is 9.67. The molecule has 1 aromatic heterocycles. The summed E-state index contributed by atoms with van der Waals surface area (Å²) in [5.41, 5.74) is 0.769. The molecule has 1 aliphatic heterocycles. The Morgan fingerprint density at radius 2 is 1.96 bits per heavy atom. The van der Waals surface area contributed by atoms with Crippen LogP contribution in [0.5, 0.6) is 0 Å². The van der Waals surface area contributed by atoms with Crippen LogP contribution in [0.1, 0.15) is 27.2 Å². The molecule has 0 amide bonds. The van der Waals surface area contributed by atoms with Crippen molar-refractivity contribution in [3.63, 3.8) is 0 Å². The molecule has 0 saturated carbocycles. The third-order valence-corrected chi connectivity index (χ3v) is 7.47. The Hall–Kier alpha value is -1.42. The lowest BCUT2D eigenvalue weighted by Gasteiger charge is -2.26. The van der Waals surface area contributed by atoms with Crippen LogP contribution >= 0.6 is 11.8 Å². The van der Waals surface area contributed by atoms with Gasteiger partial charge in [-0.05, 0) is 24.5 Å². The molecule has 0 unspecified atom stereocenters. The van der Waals surface area contributed by atoms with Gasteiger partial charge in [-0.3, -0.25) is 0 Å². The van der Waals surface area contributed by atoms with E-state index in [1.165, 1.54) is 4.31 Å². The fourth-order valence-corrected chi connectivity index (χ4v) is 5.32. The minimum absolute atomic E-state index is 0.286. The number of thioether (sulfide) groups is 1. The summed E-state index contributed by atoms with van der Waals surface area (Å²) in [5, 5.41) is 9.64. The third kappa shape index (κ3) is 4.76. The van der Waals surface area contributed by atoms with Gasteiger partial charge in [-0.1, -0.05) is 44.7 Å². The van der Waals surface area contributed by atoms with Gasteiger partial charge in [-0.2, -0.15) is 4.31 Å². The molecule has 154 valence electrons. The first-order chi connectivity index (χ1) is 13.4. The van der Waals surface area contributed by atoms with Gasteiger partial charge in [0, 0.05) is 31.0 Å². The minimum Gasteiger partial charge on any atom is -0.379 e. The van der Waals surface area contributed by atoms with Crippen molar-refractivity contribution in [2.75, 3.05) is 32.1 Å². The van der Waals surface area contributed by atoms with Gasteiger partial charge < -0.3 is 9.30 Å². The maximum atomic E-state index is 13.0. The van der Waals surface area contributed by atoms with Gasteiger partial charge in [0.1, 0.15) is 0 Å². The quantitative estimate of drug-likeness (QED) is 0.606. The maximum Gasteiger partial charge on any atom is 0.243 e. The summed E-state index contributed by atoms with van der Waals surface area (Å²) in [6.45, 7) is 8.85. The maximum absolute atomic E-state index is 13.0. The minimum atomic E-state index is -3.55. The number of morpholine rings is 1. The van der Waals surface area contributed by atoms with E-state index in [4.69, 9.17) is 4.74 Å². The molecule has 3 rings (SSSR count). The van der Waals surface area contributed by atoms with Crippen molar-refractivity contribution in [2.24, 2.45) is 5.92 Å². The Balaban J connectivity index is 1.96. The number of aromatic nitrogens is 3. The van der Waals surface area contributed by atoms with Gasteiger partial charge >= 0.3 is 0 Å². The molecular weight excluding hydrogens is 396 g/mol. The highest BCUT2D eigenvalue weighted by molar-refractivity contribution is 7.99. The molecule has 1 fully saturated rings. The predicted octanol–water partition coefficient (Wildman–Crippen LogP) is 3.12. The van der Waals surface area contributed by atoms with E-state index in [9.17, 15) is 8.42 Å². The molecule has 0 atom stereocenters. The Kier molecular flexibility index (Phi) is 7.14. The molecule has 1 aliphatic rings. The SMILES string of the molecule is CCCSc1nnc(-c2cccc(S(=O)(=O)N3CCOCC3)c2)n1CC(C)C. The molecule has 0 aliphatic carbocycles. The van der Waals surface area contributed by atoms with Crippen LogP contribution in [0.3, 0.4) is 0 Å². The number of hydrogen-bond acceptors (Lipinski definition) is 6. The largest absolute Gasteiger partial charge is 0.379 e. The zero-order chi connectivity index (χ0) is 20.1. The molecule has 0 bridgehead atoms. The van der Waals surface area contributed by atoms with Crippen molar-refractivity contribution in [1.82, 2.24) is 19.1 Å². The Morgan fingerprint density at radius 1 is 1.21 bits per heavy atom. The van der Waals surface area contributed by atoms with E-state index in [0.717, 1.165) is 29.4 Å². The van der Waals surface area contributed by atoms with E-state index in [1.54, 1.807) is 30.0 Å². The van der Waals surface area contributed by atoms with Crippen molar-refractivity contribution in [1.29, 1.82) is 0 Å². The highest BCUT2D eigenvalue weighted by Crippen LogP contribution is 2.28. The standard InChI is InChI=1S/C19H28N4O3S2/c1-4-12-27-19-21-20-18(23(19)14-15(2)3)16-6-5-7-17(13-16)28(24,25)22-8-10-26-11-9-22/h5-7,13,15H,4,8-12,14H2,1-3H3.